The minimum Gasteiger partial charge on any atom is -0.387 e. The van der Waals surface area contributed by atoms with Crippen LogP contribution in [-0.2, 0) is 9.84 Å². The Morgan fingerprint density at radius 2 is 1.82 bits per heavy atom. The van der Waals surface area contributed by atoms with Crippen LogP contribution in [-0.4, -0.2) is 24.5 Å². The molecule has 0 radical (unpaired) electrons. The lowest BCUT2D eigenvalue weighted by Crippen LogP contribution is -2.37. The highest BCUT2D eigenvalue weighted by Crippen LogP contribution is 2.36. The molecule has 0 aliphatic rings. The molecule has 0 spiro atoms. The van der Waals surface area contributed by atoms with Crippen LogP contribution >= 0.6 is 23.2 Å². The molecule has 1 atom stereocenters. The van der Waals surface area contributed by atoms with Crippen molar-refractivity contribution < 1.29 is 13.5 Å². The molecule has 6 heteroatoms. The Labute approximate surface area is 111 Å². The van der Waals surface area contributed by atoms with Gasteiger partial charge in [0.25, 0.3) is 0 Å². The zero-order chi connectivity index (χ0) is 13.4. The molecule has 96 valence electrons. The molecule has 3 nitrogen and oxygen atoms in total. The average molecular weight is 297 g/mol. The highest BCUT2D eigenvalue weighted by atomic mass is 35.5. The molecule has 1 rings (SSSR count). The van der Waals surface area contributed by atoms with Crippen molar-refractivity contribution in [2.45, 2.75) is 24.7 Å². The minimum atomic E-state index is -3.42. The summed E-state index contributed by atoms with van der Waals surface area (Å²) < 4.78 is 21.9. The van der Waals surface area contributed by atoms with Crippen LogP contribution in [0, 0.1) is 0 Å². The van der Waals surface area contributed by atoms with Crippen LogP contribution in [0.25, 0.3) is 0 Å². The van der Waals surface area contributed by atoms with Gasteiger partial charge in [-0.2, -0.15) is 0 Å². The molecule has 0 aliphatic carbocycles. The van der Waals surface area contributed by atoms with E-state index < -0.39 is 20.7 Å². The Balaban J connectivity index is 3.26. The molecule has 0 aromatic heterocycles. The number of aliphatic hydroxyl groups is 1. The molecule has 17 heavy (non-hydrogen) atoms. The smallest absolute Gasteiger partial charge is 0.155 e. The first kappa shape index (κ1) is 14.8. The molecule has 1 aromatic rings. The Morgan fingerprint density at radius 3 is 2.24 bits per heavy atom. The summed E-state index contributed by atoms with van der Waals surface area (Å²) in [5, 5.41) is 10.8. The first-order valence-corrected chi connectivity index (χ1v) is 7.54. The molecular formula is C11H14Cl2O3S. The van der Waals surface area contributed by atoms with Gasteiger partial charge in [0.1, 0.15) is 0 Å². The van der Waals surface area contributed by atoms with E-state index in [-0.39, 0.29) is 5.02 Å². The zero-order valence-corrected chi connectivity index (χ0v) is 12.1. The lowest BCUT2D eigenvalue weighted by Gasteiger charge is -2.29. The van der Waals surface area contributed by atoms with E-state index >= 15 is 0 Å². The van der Waals surface area contributed by atoms with Gasteiger partial charge in [0.15, 0.2) is 9.84 Å². The van der Waals surface area contributed by atoms with E-state index in [1.54, 1.807) is 6.07 Å². The summed E-state index contributed by atoms with van der Waals surface area (Å²) in [5.74, 6) is 0. The molecule has 0 bridgehead atoms. The van der Waals surface area contributed by atoms with Crippen molar-refractivity contribution in [1.82, 2.24) is 0 Å². The molecule has 1 aromatic carbocycles. The summed E-state index contributed by atoms with van der Waals surface area (Å²) in [5.41, 5.74) is 0.353. The average Bonchev–Trinajstić information content (AvgIpc) is 2.14. The van der Waals surface area contributed by atoms with Crippen LogP contribution in [0.3, 0.4) is 0 Å². The third-order valence-corrected chi connectivity index (χ3v) is 5.57. The third-order valence-electron chi connectivity index (χ3n) is 2.87. The van der Waals surface area contributed by atoms with Crippen LogP contribution < -0.4 is 0 Å². The highest BCUT2D eigenvalue weighted by Gasteiger charge is 2.39. The second-order valence-electron chi connectivity index (χ2n) is 4.44. The maximum absolute atomic E-state index is 11.6. The van der Waals surface area contributed by atoms with Gasteiger partial charge in [-0.05, 0) is 26.0 Å². The lowest BCUT2D eigenvalue weighted by molar-refractivity contribution is 0.139. The molecule has 0 amide bonds. The monoisotopic (exact) mass is 296 g/mol. The number of sulfone groups is 1. The van der Waals surface area contributed by atoms with E-state index in [1.807, 2.05) is 0 Å². The molecule has 0 heterocycles. The summed E-state index contributed by atoms with van der Waals surface area (Å²) in [4.78, 5) is 0. The lowest BCUT2D eigenvalue weighted by atomic mass is 9.98. The van der Waals surface area contributed by atoms with Gasteiger partial charge in [-0.1, -0.05) is 29.3 Å². The van der Waals surface area contributed by atoms with Crippen LogP contribution in [0.1, 0.15) is 25.5 Å². The highest BCUT2D eigenvalue weighted by molar-refractivity contribution is 7.92. The predicted molar refractivity (Wildman–Crippen MR) is 70.3 cm³/mol. The summed E-state index contributed by atoms with van der Waals surface area (Å²) >= 11 is 11.7. The fourth-order valence-electron chi connectivity index (χ4n) is 1.30. The summed E-state index contributed by atoms with van der Waals surface area (Å²) in [6.45, 7) is 2.91. The van der Waals surface area contributed by atoms with Crippen molar-refractivity contribution in [1.29, 1.82) is 0 Å². The second kappa shape index (κ2) is 4.76. The van der Waals surface area contributed by atoms with Gasteiger partial charge in [0.05, 0.1) is 10.9 Å². The Kier molecular flexibility index (Phi) is 4.14. The normalized spacial score (nSPS) is 14.7. The van der Waals surface area contributed by atoms with E-state index in [9.17, 15) is 13.5 Å². The Bertz CT molecular complexity index is 524. The molecule has 0 saturated carbocycles. The van der Waals surface area contributed by atoms with Gasteiger partial charge in [-0.25, -0.2) is 8.42 Å². The van der Waals surface area contributed by atoms with Crippen LogP contribution in [0.15, 0.2) is 18.2 Å². The SMILES string of the molecule is CC(C)(C(O)c1ccc(Cl)cc1Cl)S(C)(=O)=O. The third kappa shape index (κ3) is 2.94. The van der Waals surface area contributed by atoms with Gasteiger partial charge in [-0.15, -0.1) is 0 Å². The zero-order valence-electron chi connectivity index (χ0n) is 9.74. The number of rotatable bonds is 3. The van der Waals surface area contributed by atoms with E-state index in [1.165, 1.54) is 26.0 Å². The fourth-order valence-corrected chi connectivity index (χ4v) is 2.34. The summed E-state index contributed by atoms with van der Waals surface area (Å²) in [6.07, 6.45) is -0.123. The molecular weight excluding hydrogens is 283 g/mol. The molecule has 0 saturated heterocycles. The van der Waals surface area contributed by atoms with Crippen molar-refractivity contribution >= 4 is 33.0 Å². The molecule has 1 unspecified atom stereocenters. The summed E-state index contributed by atoms with van der Waals surface area (Å²) in [7, 11) is -3.42. The van der Waals surface area contributed by atoms with Gasteiger partial charge in [0, 0.05) is 21.9 Å². The standard InChI is InChI=1S/C11H14Cl2O3S/c1-11(2,17(3,15)16)10(14)8-5-4-7(12)6-9(8)13/h4-6,10,14H,1-3H3. The minimum absolute atomic E-state index is 0.252. The first-order valence-electron chi connectivity index (χ1n) is 4.90. The molecule has 0 aliphatic heterocycles. The van der Waals surface area contributed by atoms with Crippen molar-refractivity contribution in [3.05, 3.63) is 33.8 Å². The Morgan fingerprint density at radius 1 is 1.29 bits per heavy atom. The van der Waals surface area contributed by atoms with Crippen molar-refractivity contribution in [2.24, 2.45) is 0 Å². The van der Waals surface area contributed by atoms with Gasteiger partial charge >= 0.3 is 0 Å². The number of hydrogen-bond acceptors (Lipinski definition) is 3. The maximum atomic E-state index is 11.6. The van der Waals surface area contributed by atoms with E-state index in [0.717, 1.165) is 6.26 Å². The van der Waals surface area contributed by atoms with Crippen LogP contribution in [0.4, 0.5) is 0 Å². The van der Waals surface area contributed by atoms with Gasteiger partial charge in [-0.3, -0.25) is 0 Å². The number of hydrogen-bond donors (Lipinski definition) is 1. The van der Waals surface area contributed by atoms with E-state index in [0.29, 0.717) is 10.6 Å². The van der Waals surface area contributed by atoms with E-state index in [4.69, 9.17) is 23.2 Å². The largest absolute Gasteiger partial charge is 0.387 e. The number of benzene rings is 1. The van der Waals surface area contributed by atoms with Crippen molar-refractivity contribution in [3.63, 3.8) is 0 Å². The van der Waals surface area contributed by atoms with Crippen LogP contribution in [0.5, 0.6) is 0 Å². The fraction of sp³-hybridized carbons (Fsp3) is 0.455. The second-order valence-corrected chi connectivity index (χ2v) is 7.88. The quantitative estimate of drug-likeness (QED) is 0.933. The van der Waals surface area contributed by atoms with E-state index in [2.05, 4.69) is 0 Å². The van der Waals surface area contributed by atoms with Crippen molar-refractivity contribution in [3.8, 4) is 0 Å². The van der Waals surface area contributed by atoms with Crippen molar-refractivity contribution in [2.75, 3.05) is 6.26 Å². The summed E-state index contributed by atoms with van der Waals surface area (Å²) in [6, 6.07) is 4.56. The number of halogens is 2. The maximum Gasteiger partial charge on any atom is 0.155 e. The molecule has 0 fully saturated rings. The van der Waals surface area contributed by atoms with Gasteiger partial charge < -0.3 is 5.11 Å². The van der Waals surface area contributed by atoms with Crippen LogP contribution in [0.2, 0.25) is 10.0 Å². The number of aliphatic hydroxyl groups excluding tert-OH is 1. The molecule has 1 N–H and O–H groups in total. The van der Waals surface area contributed by atoms with Gasteiger partial charge in [0.2, 0.25) is 0 Å². The Hall–Kier alpha value is -0.290. The first-order chi connectivity index (χ1) is 7.57. The topological polar surface area (TPSA) is 54.4 Å². The predicted octanol–water partition coefficient (Wildman–Crippen LogP) is 2.85.